The van der Waals surface area contributed by atoms with Gasteiger partial charge in [0.1, 0.15) is 17.2 Å². The van der Waals surface area contributed by atoms with Gasteiger partial charge in [-0.25, -0.2) is 0 Å². The number of hydrogen-bond acceptors (Lipinski definition) is 5. The van der Waals surface area contributed by atoms with Crippen LogP contribution in [0.15, 0.2) is 58.8 Å². The van der Waals surface area contributed by atoms with Crippen molar-refractivity contribution in [2.75, 3.05) is 13.7 Å². The number of rotatable bonds is 10. The molecule has 0 aliphatic carbocycles. The van der Waals surface area contributed by atoms with E-state index in [1.807, 2.05) is 48.5 Å². The molecule has 0 saturated carbocycles. The summed E-state index contributed by atoms with van der Waals surface area (Å²) in [5, 5.41) is 17.0. The van der Waals surface area contributed by atoms with Crippen LogP contribution in [0.25, 0.3) is 0 Å². The summed E-state index contributed by atoms with van der Waals surface area (Å²) in [4.78, 5) is 10.4. The molecule has 6 heteroatoms. The summed E-state index contributed by atoms with van der Waals surface area (Å²) in [6, 6.07) is 14.8. The number of para-hydroxylation sites is 1. The second-order valence-electron chi connectivity index (χ2n) is 5.42. The van der Waals surface area contributed by atoms with Gasteiger partial charge < -0.3 is 14.6 Å². The maximum absolute atomic E-state index is 10.4. The SMILES string of the molecule is COc1ccccc1N=Nc1ccc(OCCCCCC(=O)O)cc1. The average Bonchev–Trinajstić information content (AvgIpc) is 2.63. The number of benzene rings is 2. The number of nitrogens with zero attached hydrogens (tertiary/aromatic N) is 2. The molecule has 2 aromatic carbocycles. The Kier molecular flexibility index (Phi) is 7.43. The van der Waals surface area contributed by atoms with Crippen molar-refractivity contribution < 1.29 is 19.4 Å². The Balaban J connectivity index is 1.79. The summed E-state index contributed by atoms with van der Waals surface area (Å²) >= 11 is 0. The van der Waals surface area contributed by atoms with Crippen molar-refractivity contribution in [3.05, 3.63) is 48.5 Å². The van der Waals surface area contributed by atoms with Gasteiger partial charge in [-0.2, -0.15) is 5.11 Å². The van der Waals surface area contributed by atoms with E-state index in [0.717, 1.165) is 24.3 Å². The molecule has 6 nitrogen and oxygen atoms in total. The summed E-state index contributed by atoms with van der Waals surface area (Å²) in [7, 11) is 1.60. The zero-order valence-corrected chi connectivity index (χ0v) is 14.2. The van der Waals surface area contributed by atoms with Gasteiger partial charge in [0.05, 0.1) is 19.4 Å². The van der Waals surface area contributed by atoms with Gasteiger partial charge >= 0.3 is 5.97 Å². The van der Waals surface area contributed by atoms with Crippen molar-refractivity contribution >= 4 is 17.3 Å². The molecule has 2 rings (SSSR count). The summed E-state index contributed by atoms with van der Waals surface area (Å²) < 4.78 is 10.9. The van der Waals surface area contributed by atoms with Gasteiger partial charge in [0.2, 0.25) is 0 Å². The number of ether oxygens (including phenoxy) is 2. The fourth-order valence-corrected chi connectivity index (χ4v) is 2.18. The fraction of sp³-hybridized carbons (Fsp3) is 0.316. The molecular weight excluding hydrogens is 320 g/mol. The highest BCUT2D eigenvalue weighted by Gasteiger charge is 2.00. The number of hydrogen-bond donors (Lipinski definition) is 1. The highest BCUT2D eigenvalue weighted by atomic mass is 16.5. The van der Waals surface area contributed by atoms with Crippen molar-refractivity contribution in [3.8, 4) is 11.5 Å². The van der Waals surface area contributed by atoms with E-state index in [9.17, 15) is 4.79 Å². The van der Waals surface area contributed by atoms with Gasteiger partial charge in [0.15, 0.2) is 0 Å². The lowest BCUT2D eigenvalue weighted by Crippen LogP contribution is -1.98. The molecule has 0 unspecified atom stereocenters. The van der Waals surface area contributed by atoms with E-state index in [4.69, 9.17) is 14.6 Å². The van der Waals surface area contributed by atoms with Crippen molar-refractivity contribution in [2.24, 2.45) is 10.2 Å². The highest BCUT2D eigenvalue weighted by Crippen LogP contribution is 2.28. The molecular formula is C19H22N2O4. The summed E-state index contributed by atoms with van der Waals surface area (Å²) in [6.07, 6.45) is 2.58. The number of carboxylic acid groups (broad SMARTS) is 1. The van der Waals surface area contributed by atoms with E-state index in [1.54, 1.807) is 7.11 Å². The normalized spacial score (nSPS) is 10.8. The maximum atomic E-state index is 10.4. The Bertz CT molecular complexity index is 699. The van der Waals surface area contributed by atoms with Crippen LogP contribution in [-0.4, -0.2) is 24.8 Å². The van der Waals surface area contributed by atoms with Crippen molar-refractivity contribution in [1.82, 2.24) is 0 Å². The molecule has 2 aromatic rings. The number of carbonyl (C=O) groups is 1. The highest BCUT2D eigenvalue weighted by molar-refractivity contribution is 5.66. The largest absolute Gasteiger partial charge is 0.494 e. The molecule has 0 spiro atoms. The number of unbranched alkanes of at least 4 members (excludes halogenated alkanes) is 2. The predicted molar refractivity (Wildman–Crippen MR) is 95.2 cm³/mol. The molecule has 0 radical (unpaired) electrons. The first-order valence-electron chi connectivity index (χ1n) is 8.18. The Morgan fingerprint density at radius 1 is 1.00 bits per heavy atom. The molecule has 0 heterocycles. The van der Waals surface area contributed by atoms with Crippen LogP contribution < -0.4 is 9.47 Å². The van der Waals surface area contributed by atoms with E-state index in [-0.39, 0.29) is 6.42 Å². The molecule has 0 saturated heterocycles. The van der Waals surface area contributed by atoms with E-state index in [2.05, 4.69) is 10.2 Å². The van der Waals surface area contributed by atoms with Crippen LogP contribution in [0.2, 0.25) is 0 Å². The summed E-state index contributed by atoms with van der Waals surface area (Å²) in [5.74, 6) is 0.683. The number of carboxylic acids is 1. The molecule has 132 valence electrons. The minimum absolute atomic E-state index is 0.214. The van der Waals surface area contributed by atoms with Crippen molar-refractivity contribution in [3.63, 3.8) is 0 Å². The molecule has 0 aliphatic heterocycles. The van der Waals surface area contributed by atoms with Crippen LogP contribution in [0.1, 0.15) is 25.7 Å². The number of aliphatic carboxylic acids is 1. The second-order valence-corrected chi connectivity index (χ2v) is 5.42. The third kappa shape index (κ3) is 6.63. The molecule has 0 amide bonds. The molecule has 0 aliphatic rings. The third-order valence-corrected chi connectivity index (χ3v) is 3.50. The average molecular weight is 342 g/mol. The summed E-state index contributed by atoms with van der Waals surface area (Å²) in [6.45, 7) is 0.571. The van der Waals surface area contributed by atoms with Gasteiger partial charge in [-0.15, -0.1) is 5.11 Å². The monoisotopic (exact) mass is 342 g/mol. The van der Waals surface area contributed by atoms with Gasteiger partial charge in [0.25, 0.3) is 0 Å². The lowest BCUT2D eigenvalue weighted by molar-refractivity contribution is -0.137. The molecule has 1 N–H and O–H groups in total. The second kappa shape index (κ2) is 10.1. The Morgan fingerprint density at radius 3 is 2.48 bits per heavy atom. The predicted octanol–water partition coefficient (Wildman–Crippen LogP) is 5.13. The molecule has 0 atom stereocenters. The molecule has 0 bridgehead atoms. The van der Waals surface area contributed by atoms with Crippen LogP contribution in [0.3, 0.4) is 0 Å². The lowest BCUT2D eigenvalue weighted by Gasteiger charge is -2.06. The van der Waals surface area contributed by atoms with Gasteiger partial charge in [-0.1, -0.05) is 12.1 Å². The first-order chi connectivity index (χ1) is 12.2. The smallest absolute Gasteiger partial charge is 0.303 e. The van der Waals surface area contributed by atoms with Crippen LogP contribution >= 0.6 is 0 Å². The van der Waals surface area contributed by atoms with Gasteiger partial charge in [-0.05, 0) is 55.7 Å². The molecule has 0 aromatic heterocycles. The van der Waals surface area contributed by atoms with E-state index < -0.39 is 5.97 Å². The topological polar surface area (TPSA) is 80.5 Å². The van der Waals surface area contributed by atoms with Crippen LogP contribution in [0, 0.1) is 0 Å². The summed E-state index contributed by atoms with van der Waals surface area (Å²) in [5.41, 5.74) is 1.39. The standard InChI is InChI=1S/C19H22N2O4/c1-24-18-8-5-4-7-17(18)21-20-15-10-12-16(13-11-15)25-14-6-2-3-9-19(22)23/h4-5,7-8,10-13H,2-3,6,9,14H2,1H3,(H,22,23). The number of azo groups is 1. The van der Waals surface area contributed by atoms with E-state index in [1.165, 1.54) is 0 Å². The Hall–Kier alpha value is -2.89. The van der Waals surface area contributed by atoms with Crippen molar-refractivity contribution in [1.29, 1.82) is 0 Å². The van der Waals surface area contributed by atoms with Crippen LogP contribution in [0.4, 0.5) is 11.4 Å². The fourth-order valence-electron chi connectivity index (χ4n) is 2.18. The van der Waals surface area contributed by atoms with Gasteiger partial charge in [-0.3, -0.25) is 4.79 Å². The first kappa shape index (κ1) is 18.4. The zero-order valence-electron chi connectivity index (χ0n) is 14.2. The quantitative estimate of drug-likeness (QED) is 0.479. The molecule has 25 heavy (non-hydrogen) atoms. The van der Waals surface area contributed by atoms with Crippen LogP contribution in [-0.2, 0) is 4.79 Å². The van der Waals surface area contributed by atoms with Gasteiger partial charge in [0, 0.05) is 6.42 Å². The lowest BCUT2D eigenvalue weighted by atomic mass is 10.2. The van der Waals surface area contributed by atoms with Crippen molar-refractivity contribution in [2.45, 2.75) is 25.7 Å². The maximum Gasteiger partial charge on any atom is 0.303 e. The number of methoxy groups -OCH3 is 1. The minimum atomic E-state index is -0.751. The first-order valence-corrected chi connectivity index (χ1v) is 8.18. The van der Waals surface area contributed by atoms with Crippen LogP contribution in [0.5, 0.6) is 11.5 Å². The third-order valence-electron chi connectivity index (χ3n) is 3.50. The van der Waals surface area contributed by atoms with E-state index >= 15 is 0 Å². The molecule has 0 fully saturated rings. The Morgan fingerprint density at radius 2 is 1.76 bits per heavy atom. The van der Waals surface area contributed by atoms with E-state index in [0.29, 0.717) is 24.5 Å². The Labute approximate surface area is 147 Å². The zero-order chi connectivity index (χ0) is 17.9. The minimum Gasteiger partial charge on any atom is -0.494 e.